The van der Waals surface area contributed by atoms with E-state index in [1.54, 1.807) is 18.3 Å². The number of nitrogens with two attached hydrogens (primary N) is 1. The van der Waals surface area contributed by atoms with Gasteiger partial charge < -0.3 is 16.0 Å². The quantitative estimate of drug-likeness (QED) is 0.585. The number of hydrogen-bond acceptors (Lipinski definition) is 3. The molecule has 0 fully saturated rings. The van der Waals surface area contributed by atoms with Crippen LogP contribution in [0.15, 0.2) is 18.3 Å². The van der Waals surface area contributed by atoms with E-state index in [9.17, 15) is 4.79 Å². The van der Waals surface area contributed by atoms with Crippen LogP contribution in [0.4, 0.5) is 11.5 Å². The predicted octanol–water partition coefficient (Wildman–Crippen LogP) is 0.881. The monoisotopic (exact) mass is 205 g/mol. The second-order valence-corrected chi connectivity index (χ2v) is 3.24. The lowest BCUT2D eigenvalue weighted by Gasteiger charge is -1.97. The summed E-state index contributed by atoms with van der Waals surface area (Å²) in [6.45, 7) is 1.86. The van der Waals surface area contributed by atoms with Gasteiger partial charge in [0.25, 0.3) is 5.91 Å². The van der Waals surface area contributed by atoms with Crippen molar-refractivity contribution in [2.45, 2.75) is 6.92 Å². The van der Waals surface area contributed by atoms with Gasteiger partial charge >= 0.3 is 0 Å². The summed E-state index contributed by atoms with van der Waals surface area (Å²) in [4.78, 5) is 14.3. The molecule has 0 saturated carbocycles. The average molecular weight is 205 g/mol. The Morgan fingerprint density at radius 2 is 2.33 bits per heavy atom. The maximum absolute atomic E-state index is 11.6. The number of aryl methyl sites for hydroxylation is 1. The van der Waals surface area contributed by atoms with Crippen molar-refractivity contribution < 1.29 is 4.79 Å². The van der Waals surface area contributed by atoms with Gasteiger partial charge in [0.05, 0.1) is 0 Å². The number of rotatable bonds is 2. The van der Waals surface area contributed by atoms with E-state index in [4.69, 9.17) is 5.73 Å². The van der Waals surface area contributed by atoms with Crippen LogP contribution in [0.1, 0.15) is 16.2 Å². The first-order valence-electron chi connectivity index (χ1n) is 4.42. The fraction of sp³-hybridized carbons (Fsp3) is 0.111. The van der Waals surface area contributed by atoms with Crippen LogP contribution >= 0.6 is 0 Å². The summed E-state index contributed by atoms with van der Waals surface area (Å²) in [5.74, 6) is 0.226. The van der Waals surface area contributed by atoms with Gasteiger partial charge in [-0.05, 0) is 13.0 Å². The van der Waals surface area contributed by atoms with Gasteiger partial charge in [-0.1, -0.05) is 0 Å². The number of carbonyl (C=O) groups excluding carboxylic acids is 1. The lowest BCUT2D eigenvalue weighted by molar-refractivity contribution is 0.102. The van der Waals surface area contributed by atoms with E-state index in [2.05, 4.69) is 20.5 Å². The van der Waals surface area contributed by atoms with Crippen LogP contribution in [-0.2, 0) is 0 Å². The number of aromatic nitrogens is 3. The molecule has 0 aliphatic heterocycles. The lowest BCUT2D eigenvalue weighted by atomic mass is 10.4. The van der Waals surface area contributed by atoms with Crippen molar-refractivity contribution in [2.24, 2.45) is 0 Å². The second-order valence-electron chi connectivity index (χ2n) is 3.24. The number of aromatic amines is 2. The van der Waals surface area contributed by atoms with Gasteiger partial charge in [0, 0.05) is 23.6 Å². The largest absolute Gasteiger partial charge is 0.397 e. The highest BCUT2D eigenvalue weighted by Crippen LogP contribution is 2.08. The molecule has 0 saturated heterocycles. The number of amides is 1. The van der Waals surface area contributed by atoms with Crippen LogP contribution in [-0.4, -0.2) is 21.1 Å². The van der Waals surface area contributed by atoms with Gasteiger partial charge in [-0.25, -0.2) is 0 Å². The number of nitrogens with zero attached hydrogens (tertiary/aromatic N) is 1. The standard InChI is InChI=1S/C9H11N5O/c1-5-2-8(14-13-5)12-9(15)7-3-6(10)4-11-7/h2-4,11H,10H2,1H3,(H2,12,13,14,15). The Hall–Kier alpha value is -2.24. The normalized spacial score (nSPS) is 10.2. The van der Waals surface area contributed by atoms with E-state index in [1.165, 1.54) is 0 Å². The molecule has 0 radical (unpaired) electrons. The number of anilines is 2. The third-order valence-electron chi connectivity index (χ3n) is 1.90. The molecule has 2 heterocycles. The van der Waals surface area contributed by atoms with Gasteiger partial charge in [0.1, 0.15) is 5.69 Å². The van der Waals surface area contributed by atoms with Crippen LogP contribution < -0.4 is 11.1 Å². The summed E-state index contributed by atoms with van der Waals surface area (Å²) < 4.78 is 0. The molecule has 2 aromatic heterocycles. The molecule has 6 heteroatoms. The minimum atomic E-state index is -0.266. The molecule has 0 aromatic carbocycles. The van der Waals surface area contributed by atoms with Crippen LogP contribution in [0.25, 0.3) is 0 Å². The van der Waals surface area contributed by atoms with E-state index in [-0.39, 0.29) is 5.91 Å². The van der Waals surface area contributed by atoms with Gasteiger partial charge in [0.15, 0.2) is 5.82 Å². The van der Waals surface area contributed by atoms with Crippen molar-refractivity contribution in [3.8, 4) is 0 Å². The molecule has 5 N–H and O–H groups in total. The molecular formula is C9H11N5O. The zero-order valence-corrected chi connectivity index (χ0v) is 8.16. The topological polar surface area (TPSA) is 99.6 Å². The molecule has 2 rings (SSSR count). The maximum Gasteiger partial charge on any atom is 0.273 e. The fourth-order valence-corrected chi connectivity index (χ4v) is 1.21. The predicted molar refractivity (Wildman–Crippen MR) is 56.5 cm³/mol. The Morgan fingerprint density at radius 3 is 2.87 bits per heavy atom. The van der Waals surface area contributed by atoms with Crippen molar-refractivity contribution in [1.29, 1.82) is 0 Å². The minimum Gasteiger partial charge on any atom is -0.397 e. The molecule has 1 amide bonds. The molecule has 6 nitrogen and oxygen atoms in total. The fourth-order valence-electron chi connectivity index (χ4n) is 1.21. The third-order valence-corrected chi connectivity index (χ3v) is 1.90. The van der Waals surface area contributed by atoms with Gasteiger partial charge in [-0.2, -0.15) is 5.10 Å². The Balaban J connectivity index is 2.10. The second kappa shape index (κ2) is 3.49. The first-order valence-corrected chi connectivity index (χ1v) is 4.42. The van der Waals surface area contributed by atoms with Crippen molar-refractivity contribution >= 4 is 17.4 Å². The smallest absolute Gasteiger partial charge is 0.273 e. The molecule has 0 spiro atoms. The summed E-state index contributed by atoms with van der Waals surface area (Å²) in [6.07, 6.45) is 1.56. The third kappa shape index (κ3) is 1.98. The summed E-state index contributed by atoms with van der Waals surface area (Å²) >= 11 is 0. The highest BCUT2D eigenvalue weighted by molar-refractivity contribution is 6.03. The maximum atomic E-state index is 11.6. The van der Waals surface area contributed by atoms with Crippen LogP contribution in [0.3, 0.4) is 0 Å². The molecule has 0 bridgehead atoms. The van der Waals surface area contributed by atoms with E-state index in [0.29, 0.717) is 17.2 Å². The van der Waals surface area contributed by atoms with Gasteiger partial charge in [0.2, 0.25) is 0 Å². The van der Waals surface area contributed by atoms with Crippen molar-refractivity contribution in [2.75, 3.05) is 11.1 Å². The number of carbonyl (C=O) groups is 1. The molecule has 0 unspecified atom stereocenters. The van der Waals surface area contributed by atoms with Crippen LogP contribution in [0, 0.1) is 6.92 Å². The minimum absolute atomic E-state index is 0.266. The summed E-state index contributed by atoms with van der Waals surface area (Å²) in [7, 11) is 0. The van der Waals surface area contributed by atoms with Crippen LogP contribution in [0.2, 0.25) is 0 Å². The molecule has 15 heavy (non-hydrogen) atoms. The van der Waals surface area contributed by atoms with Gasteiger partial charge in [-0.3, -0.25) is 9.89 Å². The SMILES string of the molecule is Cc1cc(NC(=O)c2cc(N)c[nH]2)n[nH]1. The first kappa shape index (κ1) is 9.32. The Kier molecular flexibility index (Phi) is 2.17. The van der Waals surface area contributed by atoms with Crippen LogP contribution in [0.5, 0.6) is 0 Å². The number of H-pyrrole nitrogens is 2. The van der Waals surface area contributed by atoms with Crippen molar-refractivity contribution in [3.05, 3.63) is 29.7 Å². The van der Waals surface area contributed by atoms with E-state index in [0.717, 1.165) is 5.69 Å². The molecule has 78 valence electrons. The highest BCUT2D eigenvalue weighted by atomic mass is 16.1. The molecule has 2 aromatic rings. The average Bonchev–Trinajstić information content (AvgIpc) is 2.75. The molecule has 0 atom stereocenters. The summed E-state index contributed by atoms with van der Waals surface area (Å²) in [5, 5.41) is 9.24. The Morgan fingerprint density at radius 1 is 1.53 bits per heavy atom. The van der Waals surface area contributed by atoms with E-state index < -0.39 is 0 Å². The van der Waals surface area contributed by atoms with Crippen molar-refractivity contribution in [3.63, 3.8) is 0 Å². The Bertz CT molecular complexity index is 484. The lowest BCUT2D eigenvalue weighted by Crippen LogP contribution is -2.12. The first-order chi connectivity index (χ1) is 7.15. The van der Waals surface area contributed by atoms with Crippen molar-refractivity contribution in [1.82, 2.24) is 15.2 Å². The Labute approximate surface area is 85.9 Å². The van der Waals surface area contributed by atoms with E-state index in [1.807, 2.05) is 6.92 Å². The van der Waals surface area contributed by atoms with E-state index >= 15 is 0 Å². The summed E-state index contributed by atoms with van der Waals surface area (Å²) in [6, 6.07) is 3.30. The molecular weight excluding hydrogens is 194 g/mol. The molecule has 0 aliphatic rings. The highest BCUT2D eigenvalue weighted by Gasteiger charge is 2.09. The zero-order chi connectivity index (χ0) is 10.8. The number of nitrogen functional groups attached to an aromatic ring is 1. The number of nitrogens with one attached hydrogen (secondary N) is 3. The zero-order valence-electron chi connectivity index (χ0n) is 8.16. The van der Waals surface area contributed by atoms with Gasteiger partial charge in [-0.15, -0.1) is 0 Å². The molecule has 0 aliphatic carbocycles. The number of hydrogen-bond donors (Lipinski definition) is 4. The summed E-state index contributed by atoms with van der Waals surface area (Å²) in [5.41, 5.74) is 7.30.